The van der Waals surface area contributed by atoms with E-state index < -0.39 is 10.0 Å². The molecule has 0 saturated carbocycles. The van der Waals surface area contributed by atoms with Gasteiger partial charge in [-0.1, -0.05) is 11.3 Å². The second kappa shape index (κ2) is 5.33. The van der Waals surface area contributed by atoms with Crippen LogP contribution < -0.4 is 10.6 Å². The van der Waals surface area contributed by atoms with Gasteiger partial charge >= 0.3 is 4.87 Å². The topological polar surface area (TPSA) is 99.5 Å². The van der Waals surface area contributed by atoms with Crippen LogP contribution in [0.3, 0.4) is 0 Å². The predicted octanol–water partition coefficient (Wildman–Crippen LogP) is -0.992. The smallest absolute Gasteiger partial charge is 0.305 e. The summed E-state index contributed by atoms with van der Waals surface area (Å²) >= 11 is 0.733. The maximum Gasteiger partial charge on any atom is 0.305 e. The predicted molar refractivity (Wildman–Crippen MR) is 73.9 cm³/mol. The van der Waals surface area contributed by atoms with Gasteiger partial charge in [0.05, 0.1) is 6.04 Å². The molecule has 3 N–H and O–H groups in total. The van der Waals surface area contributed by atoms with Crippen LogP contribution in [0.5, 0.6) is 0 Å². The summed E-state index contributed by atoms with van der Waals surface area (Å²) in [5.41, 5.74) is 6.07. The monoisotopic (exact) mass is 306 g/mol. The molecular weight excluding hydrogens is 288 g/mol. The highest BCUT2D eigenvalue weighted by Crippen LogP contribution is 2.24. The fraction of sp³-hybridized carbons (Fsp3) is 0.700. The van der Waals surface area contributed by atoms with Crippen molar-refractivity contribution in [2.24, 2.45) is 5.73 Å². The molecule has 19 heavy (non-hydrogen) atoms. The van der Waals surface area contributed by atoms with Gasteiger partial charge in [0, 0.05) is 31.9 Å². The molecule has 9 heteroatoms. The molecule has 1 aliphatic rings. The molecule has 0 spiro atoms. The highest BCUT2D eigenvalue weighted by molar-refractivity contribution is 7.91. The summed E-state index contributed by atoms with van der Waals surface area (Å²) in [4.78, 5) is 15.5. The lowest BCUT2D eigenvalue weighted by Crippen LogP contribution is -2.56. The molecule has 108 valence electrons. The van der Waals surface area contributed by atoms with Crippen molar-refractivity contribution < 1.29 is 8.42 Å². The number of aromatic nitrogens is 1. The lowest BCUT2D eigenvalue weighted by molar-refractivity contribution is 0.164. The van der Waals surface area contributed by atoms with Gasteiger partial charge in [0.1, 0.15) is 0 Å². The number of nitrogens with one attached hydrogen (secondary N) is 1. The number of piperazine rings is 1. The molecule has 0 amide bonds. The first-order valence-electron chi connectivity index (χ1n) is 5.96. The summed E-state index contributed by atoms with van der Waals surface area (Å²) in [7, 11) is -1.71. The van der Waals surface area contributed by atoms with Crippen LogP contribution in [-0.2, 0) is 10.0 Å². The summed E-state index contributed by atoms with van der Waals surface area (Å²) in [6.45, 7) is 3.52. The number of thiazole rings is 1. The van der Waals surface area contributed by atoms with Crippen molar-refractivity contribution >= 4 is 21.4 Å². The van der Waals surface area contributed by atoms with Crippen molar-refractivity contribution in [3.05, 3.63) is 15.4 Å². The van der Waals surface area contributed by atoms with Crippen LogP contribution in [0.4, 0.5) is 0 Å². The third-order valence-corrected chi connectivity index (χ3v) is 6.76. The van der Waals surface area contributed by atoms with Crippen molar-refractivity contribution in [2.75, 3.05) is 33.2 Å². The van der Waals surface area contributed by atoms with E-state index in [1.807, 2.05) is 7.05 Å². The minimum absolute atomic E-state index is 0.0977. The molecule has 0 radical (unpaired) electrons. The largest absolute Gasteiger partial charge is 0.329 e. The van der Waals surface area contributed by atoms with E-state index in [1.165, 1.54) is 4.31 Å². The van der Waals surface area contributed by atoms with Crippen molar-refractivity contribution in [1.82, 2.24) is 14.2 Å². The molecule has 2 rings (SSSR count). The summed E-state index contributed by atoms with van der Waals surface area (Å²) in [5, 5.41) is 0. The number of sulfonamides is 1. The Labute approximate surface area is 116 Å². The summed E-state index contributed by atoms with van der Waals surface area (Å²) in [6, 6.07) is -0.250. The lowest BCUT2D eigenvalue weighted by atomic mass is 10.2. The first kappa shape index (κ1) is 14.7. The standard InChI is InChI=1S/C10H18N4O3S2/c1-7-9(18-10(15)12-7)19(16,17)14-4-3-13(2)6-8(14)5-11/h8H,3-6,11H2,1-2H3,(H,12,15). The van der Waals surface area contributed by atoms with Crippen LogP contribution in [0, 0.1) is 6.92 Å². The van der Waals surface area contributed by atoms with E-state index in [9.17, 15) is 13.2 Å². The molecule has 0 aliphatic carbocycles. The highest BCUT2D eigenvalue weighted by Gasteiger charge is 2.36. The number of nitrogens with two attached hydrogens (primary N) is 1. The minimum atomic E-state index is -3.64. The molecule has 0 bridgehead atoms. The molecular formula is C10H18N4O3S2. The van der Waals surface area contributed by atoms with Gasteiger partial charge in [-0.3, -0.25) is 4.79 Å². The van der Waals surface area contributed by atoms with E-state index in [0.29, 0.717) is 25.3 Å². The number of aryl methyl sites for hydroxylation is 1. The van der Waals surface area contributed by atoms with Crippen LogP contribution >= 0.6 is 11.3 Å². The summed E-state index contributed by atoms with van der Waals surface area (Å²) in [6.07, 6.45) is 0. The average Bonchev–Trinajstić information content (AvgIpc) is 2.68. The Morgan fingerprint density at radius 3 is 2.68 bits per heavy atom. The van der Waals surface area contributed by atoms with Crippen molar-refractivity contribution in [3.63, 3.8) is 0 Å². The number of likely N-dealkylation sites (N-methyl/N-ethyl adjacent to an activating group) is 1. The zero-order chi connectivity index (χ0) is 14.2. The Bertz CT molecular complexity index is 607. The fourth-order valence-electron chi connectivity index (χ4n) is 2.25. The molecule has 1 saturated heterocycles. The van der Waals surface area contributed by atoms with E-state index in [1.54, 1.807) is 6.92 Å². The Morgan fingerprint density at radius 1 is 1.47 bits per heavy atom. The van der Waals surface area contributed by atoms with E-state index in [-0.39, 0.29) is 21.7 Å². The lowest BCUT2D eigenvalue weighted by Gasteiger charge is -2.38. The van der Waals surface area contributed by atoms with Gasteiger partial charge in [-0.2, -0.15) is 4.31 Å². The molecule has 7 nitrogen and oxygen atoms in total. The third-order valence-electron chi connectivity index (χ3n) is 3.23. The number of nitrogens with zero attached hydrogens (tertiary/aromatic N) is 2. The molecule has 1 unspecified atom stereocenters. The zero-order valence-electron chi connectivity index (χ0n) is 10.9. The first-order chi connectivity index (χ1) is 8.86. The summed E-state index contributed by atoms with van der Waals surface area (Å²) < 4.78 is 26.7. The molecule has 1 atom stereocenters. The number of H-pyrrole nitrogens is 1. The second-order valence-corrected chi connectivity index (χ2v) is 7.76. The van der Waals surface area contributed by atoms with Gasteiger partial charge in [-0.05, 0) is 14.0 Å². The average molecular weight is 306 g/mol. The Morgan fingerprint density at radius 2 is 2.16 bits per heavy atom. The maximum atomic E-state index is 12.6. The van der Waals surface area contributed by atoms with Crippen molar-refractivity contribution in [2.45, 2.75) is 17.2 Å². The third kappa shape index (κ3) is 2.75. The summed E-state index contributed by atoms with van der Waals surface area (Å²) in [5.74, 6) is 0. The van der Waals surface area contributed by atoms with E-state index in [4.69, 9.17) is 5.73 Å². The Balaban J connectivity index is 2.38. The Hall–Kier alpha value is -0.740. The van der Waals surface area contributed by atoms with Gasteiger partial charge in [-0.25, -0.2) is 8.42 Å². The molecule has 1 aliphatic heterocycles. The van der Waals surface area contributed by atoms with Crippen LogP contribution in [0.15, 0.2) is 9.00 Å². The van der Waals surface area contributed by atoms with Crippen LogP contribution in [-0.4, -0.2) is 61.9 Å². The van der Waals surface area contributed by atoms with Crippen LogP contribution in [0.2, 0.25) is 0 Å². The molecule has 1 fully saturated rings. The molecule has 0 aromatic carbocycles. The molecule has 1 aromatic rings. The van der Waals surface area contributed by atoms with Gasteiger partial charge in [0.25, 0.3) is 10.0 Å². The van der Waals surface area contributed by atoms with E-state index in [2.05, 4.69) is 9.88 Å². The van der Waals surface area contributed by atoms with Crippen LogP contribution in [0.1, 0.15) is 5.69 Å². The van der Waals surface area contributed by atoms with E-state index in [0.717, 1.165) is 11.3 Å². The normalized spacial score (nSPS) is 22.8. The highest BCUT2D eigenvalue weighted by atomic mass is 32.2. The van der Waals surface area contributed by atoms with Crippen molar-refractivity contribution in [3.8, 4) is 0 Å². The van der Waals surface area contributed by atoms with Gasteiger partial charge in [0.2, 0.25) is 0 Å². The zero-order valence-corrected chi connectivity index (χ0v) is 12.6. The van der Waals surface area contributed by atoms with E-state index >= 15 is 0 Å². The van der Waals surface area contributed by atoms with Crippen molar-refractivity contribution in [1.29, 1.82) is 0 Å². The number of rotatable bonds is 3. The van der Waals surface area contributed by atoms with Gasteiger partial charge < -0.3 is 15.6 Å². The SMILES string of the molecule is Cc1[nH]c(=O)sc1S(=O)(=O)N1CCN(C)CC1CN. The molecule has 2 heterocycles. The number of aromatic amines is 1. The number of hydrogen-bond acceptors (Lipinski definition) is 6. The quantitative estimate of drug-likeness (QED) is 0.747. The van der Waals surface area contributed by atoms with Gasteiger partial charge in [0.15, 0.2) is 4.21 Å². The second-order valence-electron chi connectivity index (χ2n) is 4.69. The minimum Gasteiger partial charge on any atom is -0.329 e. The first-order valence-corrected chi connectivity index (χ1v) is 8.22. The fourth-order valence-corrected chi connectivity index (χ4v) is 5.28. The molecule has 1 aromatic heterocycles. The number of hydrogen-bond donors (Lipinski definition) is 2. The van der Waals surface area contributed by atoms with Gasteiger partial charge in [-0.15, -0.1) is 0 Å². The Kier molecular flexibility index (Phi) is 4.11. The maximum absolute atomic E-state index is 12.6. The van der Waals surface area contributed by atoms with Crippen LogP contribution in [0.25, 0.3) is 0 Å².